The molecule has 1 rings (SSSR count). The van der Waals surface area contributed by atoms with E-state index in [0.717, 1.165) is 6.07 Å². The molecule has 1 radical (unpaired) electrons. The topological polar surface area (TPSA) is 78.2 Å². The highest BCUT2D eigenvalue weighted by Gasteiger charge is 2.16. The van der Waals surface area contributed by atoms with E-state index in [2.05, 4.69) is 0 Å². The van der Waals surface area contributed by atoms with Gasteiger partial charge in [-0.05, 0) is 24.6 Å². The summed E-state index contributed by atoms with van der Waals surface area (Å²) in [6, 6.07) is 2.44. The van der Waals surface area contributed by atoms with Gasteiger partial charge in [-0.25, -0.2) is 0 Å². The van der Waals surface area contributed by atoms with Crippen LogP contribution in [0.4, 0.5) is 5.69 Å². The molecule has 2 N–H and O–H groups in total. The number of nitrogens with one attached hydrogen (secondary N) is 1. The lowest BCUT2D eigenvalue weighted by atomic mass is 10.2. The highest BCUT2D eigenvalue weighted by atomic mass is 35.5. The Morgan fingerprint density at radius 1 is 1.46 bits per heavy atom. The summed E-state index contributed by atoms with van der Waals surface area (Å²) in [7, 11) is -4.32. The molecular weight excluding hydrogens is 214 g/mol. The monoisotopic (exact) mass is 220 g/mol. The van der Waals surface area contributed by atoms with Crippen molar-refractivity contribution >= 4 is 27.4 Å². The maximum absolute atomic E-state index is 10.7. The van der Waals surface area contributed by atoms with Crippen LogP contribution in [0.3, 0.4) is 0 Å². The third-order valence-electron chi connectivity index (χ3n) is 1.64. The molecule has 1 aromatic rings. The summed E-state index contributed by atoms with van der Waals surface area (Å²) in [5.74, 6) is 0. The van der Waals surface area contributed by atoms with Crippen LogP contribution in [-0.2, 0) is 10.1 Å². The summed E-state index contributed by atoms with van der Waals surface area (Å²) in [5.41, 5.74) is 7.43. The van der Waals surface area contributed by atoms with Crippen molar-refractivity contribution in [3.63, 3.8) is 0 Å². The van der Waals surface area contributed by atoms with Crippen molar-refractivity contribution < 1.29 is 13.0 Å². The van der Waals surface area contributed by atoms with Gasteiger partial charge in [-0.15, -0.1) is 0 Å². The Morgan fingerprint density at radius 2 is 2.00 bits per heavy atom. The molecule has 6 heteroatoms. The van der Waals surface area contributed by atoms with E-state index in [1.807, 2.05) is 0 Å². The van der Waals surface area contributed by atoms with Crippen LogP contribution in [0, 0.1) is 6.92 Å². The Balaban J connectivity index is 3.53. The summed E-state index contributed by atoms with van der Waals surface area (Å²) in [6.45, 7) is 1.51. The highest BCUT2D eigenvalue weighted by Crippen LogP contribution is 2.28. The molecule has 0 bridgehead atoms. The van der Waals surface area contributed by atoms with Gasteiger partial charge in [0, 0.05) is 5.02 Å². The predicted molar refractivity (Wildman–Crippen MR) is 48.8 cm³/mol. The maximum Gasteiger partial charge on any atom is 0.296 e. The van der Waals surface area contributed by atoms with Crippen molar-refractivity contribution in [3.8, 4) is 0 Å². The summed E-state index contributed by atoms with van der Waals surface area (Å²) < 4.78 is 30.1. The van der Waals surface area contributed by atoms with Gasteiger partial charge in [0.15, 0.2) is 0 Å². The summed E-state index contributed by atoms with van der Waals surface area (Å²) >= 11 is 5.64. The lowest BCUT2D eigenvalue weighted by molar-refractivity contribution is 0.483. The maximum atomic E-state index is 10.7. The molecule has 0 unspecified atom stereocenters. The third kappa shape index (κ3) is 1.93. The average Bonchev–Trinajstić information content (AvgIpc) is 1.98. The van der Waals surface area contributed by atoms with Gasteiger partial charge in [-0.3, -0.25) is 10.3 Å². The van der Waals surface area contributed by atoms with Crippen molar-refractivity contribution in [2.75, 3.05) is 0 Å². The van der Waals surface area contributed by atoms with E-state index in [1.54, 1.807) is 0 Å². The van der Waals surface area contributed by atoms with Gasteiger partial charge in [-0.2, -0.15) is 8.42 Å². The first-order valence-electron chi connectivity index (χ1n) is 3.32. The Kier molecular flexibility index (Phi) is 2.51. The van der Waals surface area contributed by atoms with E-state index in [1.165, 1.54) is 13.0 Å². The molecule has 0 spiro atoms. The van der Waals surface area contributed by atoms with Crippen LogP contribution < -0.4 is 5.73 Å². The van der Waals surface area contributed by atoms with Gasteiger partial charge in [0.05, 0.1) is 5.69 Å². The summed E-state index contributed by atoms with van der Waals surface area (Å²) in [4.78, 5) is -0.422. The number of benzene rings is 1. The molecule has 0 aliphatic carbocycles. The molecule has 0 saturated heterocycles. The Labute approximate surface area is 81.1 Å². The van der Waals surface area contributed by atoms with Gasteiger partial charge < -0.3 is 0 Å². The van der Waals surface area contributed by atoms with Gasteiger partial charge in [0.2, 0.25) is 0 Å². The minimum Gasteiger partial charge on any atom is -0.299 e. The predicted octanol–water partition coefficient (Wildman–Crippen LogP) is 1.81. The fourth-order valence-electron chi connectivity index (χ4n) is 0.876. The Bertz CT molecular complexity index is 441. The molecule has 0 fully saturated rings. The van der Waals surface area contributed by atoms with E-state index in [0.29, 0.717) is 10.6 Å². The third-order valence-corrected chi connectivity index (χ3v) is 2.94. The van der Waals surface area contributed by atoms with Crippen LogP contribution in [0.2, 0.25) is 5.02 Å². The molecule has 13 heavy (non-hydrogen) atoms. The molecule has 4 nitrogen and oxygen atoms in total. The number of rotatable bonds is 1. The van der Waals surface area contributed by atoms with Gasteiger partial charge in [0.1, 0.15) is 4.90 Å². The first-order chi connectivity index (χ1) is 5.84. The molecule has 0 aliphatic rings. The van der Waals surface area contributed by atoms with Crippen LogP contribution in [0.1, 0.15) is 5.56 Å². The number of halogens is 1. The zero-order valence-corrected chi connectivity index (χ0v) is 8.28. The largest absolute Gasteiger partial charge is 0.299 e. The van der Waals surface area contributed by atoms with Crippen LogP contribution in [-0.4, -0.2) is 13.0 Å². The standard InChI is InChI=1S/C7H7ClNO3S/c1-4-5(8)2-3-6(7(4)9)13(10,11)12/h2-3,9H,1H3,(H,10,11,12). The van der Waals surface area contributed by atoms with Crippen LogP contribution in [0.5, 0.6) is 0 Å². The molecule has 1 aromatic carbocycles. The van der Waals surface area contributed by atoms with E-state index < -0.39 is 15.0 Å². The SMILES string of the molecule is Cc1c(Cl)ccc(S(=O)(=O)O)c1[NH]. The second-order valence-electron chi connectivity index (χ2n) is 2.52. The quantitative estimate of drug-likeness (QED) is 0.733. The van der Waals surface area contributed by atoms with Gasteiger partial charge in [-0.1, -0.05) is 11.6 Å². The lowest BCUT2D eigenvalue weighted by Crippen LogP contribution is -2.00. The number of hydrogen-bond donors (Lipinski definition) is 1. The Morgan fingerprint density at radius 3 is 2.46 bits per heavy atom. The van der Waals surface area contributed by atoms with Gasteiger partial charge in [0.25, 0.3) is 10.1 Å². The van der Waals surface area contributed by atoms with Crippen LogP contribution in [0.25, 0.3) is 0 Å². The first kappa shape index (κ1) is 10.3. The smallest absolute Gasteiger partial charge is 0.296 e. The molecule has 0 amide bonds. The second-order valence-corrected chi connectivity index (χ2v) is 4.32. The van der Waals surface area contributed by atoms with Gasteiger partial charge >= 0.3 is 0 Å². The van der Waals surface area contributed by atoms with E-state index >= 15 is 0 Å². The van der Waals surface area contributed by atoms with Crippen LogP contribution >= 0.6 is 11.6 Å². The second kappa shape index (κ2) is 3.17. The Hall–Kier alpha value is -0.780. The number of hydrogen-bond acceptors (Lipinski definition) is 2. The highest BCUT2D eigenvalue weighted by molar-refractivity contribution is 7.86. The van der Waals surface area contributed by atoms with E-state index in [-0.39, 0.29) is 5.69 Å². The van der Waals surface area contributed by atoms with Crippen molar-refractivity contribution in [3.05, 3.63) is 22.7 Å². The van der Waals surface area contributed by atoms with E-state index in [4.69, 9.17) is 21.9 Å². The summed E-state index contributed by atoms with van der Waals surface area (Å²) in [5, 5.41) is 0.303. The fourth-order valence-corrected chi connectivity index (χ4v) is 1.68. The van der Waals surface area contributed by atoms with Crippen molar-refractivity contribution in [2.24, 2.45) is 0 Å². The zero-order chi connectivity index (χ0) is 10.2. The molecule has 71 valence electrons. The first-order valence-corrected chi connectivity index (χ1v) is 5.14. The van der Waals surface area contributed by atoms with Crippen molar-refractivity contribution in [1.29, 1.82) is 0 Å². The minimum absolute atomic E-state index is 0.269. The summed E-state index contributed by atoms with van der Waals surface area (Å²) in [6.07, 6.45) is 0. The molecule has 0 aromatic heterocycles. The van der Waals surface area contributed by atoms with Crippen molar-refractivity contribution in [1.82, 2.24) is 5.73 Å². The minimum atomic E-state index is -4.32. The molecule has 0 atom stereocenters. The molecular formula is C7H7ClNO3S. The van der Waals surface area contributed by atoms with Crippen LogP contribution in [0.15, 0.2) is 17.0 Å². The van der Waals surface area contributed by atoms with Crippen molar-refractivity contribution in [2.45, 2.75) is 11.8 Å². The normalized spacial score (nSPS) is 11.6. The van der Waals surface area contributed by atoms with E-state index in [9.17, 15) is 8.42 Å². The average molecular weight is 221 g/mol. The molecule has 0 aliphatic heterocycles. The molecule has 0 saturated carbocycles. The lowest BCUT2D eigenvalue weighted by Gasteiger charge is -2.05. The fraction of sp³-hybridized carbons (Fsp3) is 0.143. The molecule has 0 heterocycles. The zero-order valence-electron chi connectivity index (χ0n) is 6.70.